The Kier molecular flexibility index (Phi) is 16.0. The molecule has 0 aliphatic heterocycles. The van der Waals surface area contributed by atoms with Gasteiger partial charge in [0.1, 0.15) is 0 Å². The largest absolute Gasteiger partial charge is 0.370 e. The molecule has 2 unspecified atom stereocenters. The number of hydrogen-bond acceptors (Lipinski definition) is 9. The maximum Gasteiger partial charge on any atom is 0.234 e. The molecule has 0 saturated heterocycles. The minimum Gasteiger partial charge on any atom is -0.370 e. The number of ketones is 3. The third kappa shape index (κ3) is 12.6. The summed E-state index contributed by atoms with van der Waals surface area (Å²) in [4.78, 5) is 69.6. The summed E-state index contributed by atoms with van der Waals surface area (Å²) >= 11 is 12.1. The Hall–Kier alpha value is -3.01. The van der Waals surface area contributed by atoms with Gasteiger partial charge in [0.25, 0.3) is 0 Å². The van der Waals surface area contributed by atoms with Gasteiger partial charge in [-0.3, -0.25) is 34.0 Å². The van der Waals surface area contributed by atoms with E-state index in [2.05, 4.69) is 20.6 Å². The van der Waals surface area contributed by atoms with E-state index >= 15 is 0 Å². The predicted molar refractivity (Wildman–Crippen MR) is 136 cm³/mol. The fraction of sp³-hybridized carbons (Fsp3) is 0.632. The molecule has 15 nitrogen and oxygen atoms in total. The Morgan fingerprint density at radius 1 is 0.639 bits per heavy atom. The molecule has 0 bridgehead atoms. The van der Waals surface area contributed by atoms with Crippen LogP contribution in [-0.2, 0) is 24.0 Å². The van der Waals surface area contributed by atoms with Gasteiger partial charge in [0.15, 0.2) is 40.0 Å². The molecule has 36 heavy (non-hydrogen) atoms. The molecule has 0 heterocycles. The van der Waals surface area contributed by atoms with Gasteiger partial charge in [-0.15, -0.1) is 23.2 Å². The summed E-state index contributed by atoms with van der Waals surface area (Å²) in [5.41, 5.74) is 31.6. The van der Waals surface area contributed by atoms with Crippen LogP contribution in [-0.4, -0.2) is 90.1 Å². The lowest BCUT2D eigenvalue weighted by molar-refractivity contribution is -0.133. The van der Waals surface area contributed by atoms with Gasteiger partial charge in [0.2, 0.25) is 11.8 Å². The molecule has 0 fully saturated rings. The fourth-order valence-corrected chi connectivity index (χ4v) is 3.47. The summed E-state index contributed by atoms with van der Waals surface area (Å²) in [6.07, 6.45) is 0.559. The van der Waals surface area contributed by atoms with Crippen LogP contribution in [0.2, 0.25) is 0 Å². The van der Waals surface area contributed by atoms with E-state index in [1.54, 1.807) is 0 Å². The van der Waals surface area contributed by atoms with Crippen molar-refractivity contribution >= 4 is 64.3 Å². The monoisotopic (exact) mass is 552 g/mol. The van der Waals surface area contributed by atoms with Gasteiger partial charge in [0.05, 0.1) is 25.2 Å². The van der Waals surface area contributed by atoms with Crippen molar-refractivity contribution in [2.75, 3.05) is 26.2 Å². The highest BCUT2D eigenvalue weighted by atomic mass is 35.5. The molecular weight excluding hydrogens is 519 g/mol. The van der Waals surface area contributed by atoms with Gasteiger partial charge in [0, 0.05) is 13.1 Å². The minimum absolute atomic E-state index is 0.0265. The van der Waals surface area contributed by atoms with Gasteiger partial charge >= 0.3 is 0 Å². The molecule has 17 heteroatoms. The number of aliphatic imine (C=N–C) groups is 2. The van der Waals surface area contributed by atoms with Gasteiger partial charge in [-0.25, -0.2) is 0 Å². The first-order valence-corrected chi connectivity index (χ1v) is 11.7. The van der Waals surface area contributed by atoms with Crippen molar-refractivity contribution in [2.24, 2.45) is 44.4 Å². The average molecular weight is 553 g/mol. The fourth-order valence-electron chi connectivity index (χ4n) is 2.85. The van der Waals surface area contributed by atoms with Crippen LogP contribution >= 0.6 is 23.2 Å². The Morgan fingerprint density at radius 2 is 0.972 bits per heavy atom. The SMILES string of the molecule is NCC(=O)N[C@@H](CCCN=C(N)N)C(=O)C(Cl)C(=O)C(Cl)C(=O)[C@H](CCCN=C(N)N)NC(=O)CN. The number of nitrogens with two attached hydrogens (primary N) is 6. The summed E-state index contributed by atoms with van der Waals surface area (Å²) in [5.74, 6) is -4.59. The van der Waals surface area contributed by atoms with Crippen molar-refractivity contribution < 1.29 is 24.0 Å². The maximum absolute atomic E-state index is 12.9. The molecule has 0 spiro atoms. The van der Waals surface area contributed by atoms with Crippen LogP contribution in [0.1, 0.15) is 25.7 Å². The van der Waals surface area contributed by atoms with Crippen LogP contribution in [0.3, 0.4) is 0 Å². The third-order valence-electron chi connectivity index (χ3n) is 4.62. The van der Waals surface area contributed by atoms with Gasteiger partial charge in [-0.2, -0.15) is 0 Å². The van der Waals surface area contributed by atoms with E-state index in [1.165, 1.54) is 0 Å². The maximum atomic E-state index is 12.9. The van der Waals surface area contributed by atoms with Crippen molar-refractivity contribution in [2.45, 2.75) is 48.5 Å². The smallest absolute Gasteiger partial charge is 0.234 e. The molecule has 0 aromatic rings. The van der Waals surface area contributed by atoms with E-state index in [1.807, 2.05) is 0 Å². The van der Waals surface area contributed by atoms with Gasteiger partial charge in [-0.05, 0) is 25.7 Å². The second-order valence-corrected chi connectivity index (χ2v) is 8.35. The summed E-state index contributed by atoms with van der Waals surface area (Å²) in [5, 5.41) is 0.972. The summed E-state index contributed by atoms with van der Waals surface area (Å²) in [6, 6.07) is -2.43. The highest BCUT2D eigenvalue weighted by Crippen LogP contribution is 2.16. The molecule has 0 radical (unpaired) electrons. The number of Topliss-reactive ketones (excluding diaryl/α,β-unsaturated/α-hetero) is 3. The van der Waals surface area contributed by atoms with Crippen LogP contribution in [0.4, 0.5) is 0 Å². The highest BCUT2D eigenvalue weighted by Gasteiger charge is 2.39. The topological polar surface area (TPSA) is 290 Å². The molecule has 0 saturated carbocycles. The molecule has 0 aliphatic carbocycles. The highest BCUT2D eigenvalue weighted by molar-refractivity contribution is 6.52. The van der Waals surface area contributed by atoms with E-state index in [9.17, 15) is 24.0 Å². The minimum atomic E-state index is -1.88. The van der Waals surface area contributed by atoms with E-state index < -0.39 is 65.1 Å². The number of carbonyl (C=O) groups excluding carboxylic acids is 5. The Labute approximate surface area is 218 Å². The van der Waals surface area contributed by atoms with Crippen LogP contribution in [0, 0.1) is 0 Å². The summed E-state index contributed by atoms with van der Waals surface area (Å²) in [7, 11) is 0. The molecule has 204 valence electrons. The molecular formula is C19H34Cl2N10O5. The zero-order valence-corrected chi connectivity index (χ0v) is 21.1. The molecule has 0 aromatic heterocycles. The zero-order valence-electron chi connectivity index (χ0n) is 19.6. The number of amides is 2. The lowest BCUT2D eigenvalue weighted by Gasteiger charge is -2.22. The summed E-state index contributed by atoms with van der Waals surface area (Å²) < 4.78 is 0. The molecule has 0 aromatic carbocycles. The Balaban J connectivity index is 5.48. The van der Waals surface area contributed by atoms with Crippen LogP contribution in [0.25, 0.3) is 0 Å². The van der Waals surface area contributed by atoms with Crippen molar-refractivity contribution in [3.05, 3.63) is 0 Å². The van der Waals surface area contributed by atoms with E-state index in [0.29, 0.717) is 0 Å². The number of carbonyl (C=O) groups is 5. The number of nitrogens with one attached hydrogen (secondary N) is 2. The molecule has 0 aliphatic rings. The van der Waals surface area contributed by atoms with Gasteiger partial charge < -0.3 is 45.0 Å². The Morgan fingerprint density at radius 3 is 1.25 bits per heavy atom. The second-order valence-electron chi connectivity index (χ2n) is 7.48. The standard InChI is InChI=1S/C19H34Cl2N10O5/c20-13(15(34)9(30-11(32)7-22)3-1-5-28-18(24)25)17(36)14(21)16(35)10(31-12(33)8-23)4-2-6-29-19(26)27/h9-10,13-14H,1-8,22-23H2,(H,30,32)(H,31,33)(H4,24,25,28)(H4,26,27,29)/t9-,10-,13?,14?/m0/s1. The number of halogens is 2. The first kappa shape index (κ1) is 33.0. The number of nitrogens with zero attached hydrogens (tertiary/aromatic N) is 2. The van der Waals surface area contributed by atoms with E-state index in [0.717, 1.165) is 0 Å². The van der Waals surface area contributed by atoms with Crippen molar-refractivity contribution in [1.29, 1.82) is 0 Å². The zero-order chi connectivity index (χ0) is 27.8. The normalized spacial score (nSPS) is 13.9. The van der Waals surface area contributed by atoms with Crippen molar-refractivity contribution in [3.63, 3.8) is 0 Å². The quantitative estimate of drug-likeness (QED) is 0.0265. The van der Waals surface area contributed by atoms with Crippen LogP contribution in [0.15, 0.2) is 9.98 Å². The summed E-state index contributed by atoms with van der Waals surface area (Å²) in [6.45, 7) is -0.551. The number of rotatable bonds is 18. The van der Waals surface area contributed by atoms with E-state index in [-0.39, 0.29) is 50.7 Å². The van der Waals surface area contributed by atoms with Gasteiger partial charge in [-0.1, -0.05) is 0 Å². The second kappa shape index (κ2) is 17.4. The molecule has 2 amide bonds. The lowest BCUT2D eigenvalue weighted by Crippen LogP contribution is -2.52. The lowest BCUT2D eigenvalue weighted by atomic mass is 9.96. The first-order chi connectivity index (χ1) is 16.8. The molecule has 14 N–H and O–H groups in total. The Bertz CT molecular complexity index is 780. The van der Waals surface area contributed by atoms with Crippen molar-refractivity contribution in [3.8, 4) is 0 Å². The molecule has 0 rings (SSSR count). The van der Waals surface area contributed by atoms with Crippen molar-refractivity contribution in [1.82, 2.24) is 10.6 Å². The van der Waals surface area contributed by atoms with E-state index in [4.69, 9.17) is 57.6 Å². The first-order valence-electron chi connectivity index (χ1n) is 10.8. The number of alkyl halides is 2. The third-order valence-corrected chi connectivity index (χ3v) is 5.48. The number of guanidine groups is 2. The molecule has 4 atom stereocenters. The predicted octanol–water partition coefficient (Wildman–Crippen LogP) is -4.10. The van der Waals surface area contributed by atoms with Crippen LogP contribution < -0.4 is 45.0 Å². The van der Waals surface area contributed by atoms with Crippen LogP contribution in [0.5, 0.6) is 0 Å². The number of hydrogen-bond donors (Lipinski definition) is 8. The average Bonchev–Trinajstić information content (AvgIpc) is 2.84.